The first kappa shape index (κ1) is 12.8. The van der Waals surface area contributed by atoms with Crippen molar-refractivity contribution in [3.63, 3.8) is 0 Å². The van der Waals surface area contributed by atoms with Crippen LogP contribution in [-0.2, 0) is 9.53 Å². The molecule has 1 rings (SSSR count). The van der Waals surface area contributed by atoms with Crippen LogP contribution in [0.5, 0.6) is 0 Å². The van der Waals surface area contributed by atoms with Crippen LogP contribution in [0.25, 0.3) is 0 Å². The molecule has 0 aromatic rings. The summed E-state index contributed by atoms with van der Waals surface area (Å²) in [6, 6.07) is 0. The predicted octanol–water partition coefficient (Wildman–Crippen LogP) is 2.03. The number of alkyl halides is 1. The van der Waals surface area contributed by atoms with Crippen molar-refractivity contribution in [3.8, 4) is 0 Å². The molecule has 4 heteroatoms. The second-order valence-corrected chi connectivity index (χ2v) is 5.57. The summed E-state index contributed by atoms with van der Waals surface area (Å²) in [5.41, 5.74) is -0.0932. The van der Waals surface area contributed by atoms with Gasteiger partial charge in [-0.3, -0.25) is 4.79 Å². The van der Waals surface area contributed by atoms with Crippen molar-refractivity contribution in [2.45, 2.75) is 44.6 Å². The molecule has 0 spiro atoms. The molecule has 1 aliphatic rings. The molecule has 0 aliphatic carbocycles. The summed E-state index contributed by atoms with van der Waals surface area (Å²) < 4.78 is 5.58. The van der Waals surface area contributed by atoms with Gasteiger partial charge in [0.05, 0.1) is 11.0 Å². The van der Waals surface area contributed by atoms with Gasteiger partial charge in [0.25, 0.3) is 0 Å². The lowest BCUT2D eigenvalue weighted by Gasteiger charge is -2.21. The average molecular weight is 234 g/mol. The molecule has 0 radical (unpaired) electrons. The van der Waals surface area contributed by atoms with E-state index in [9.17, 15) is 4.79 Å². The summed E-state index contributed by atoms with van der Waals surface area (Å²) in [6.45, 7) is 8.24. The van der Waals surface area contributed by atoms with E-state index in [2.05, 4.69) is 0 Å². The molecule has 1 heterocycles. The van der Waals surface area contributed by atoms with E-state index in [1.54, 1.807) is 0 Å². The molecule has 1 atom stereocenters. The Bertz CT molecular complexity index is 225. The van der Waals surface area contributed by atoms with Crippen LogP contribution >= 0.6 is 11.6 Å². The fourth-order valence-electron chi connectivity index (χ4n) is 1.57. The van der Waals surface area contributed by atoms with Gasteiger partial charge in [0.15, 0.2) is 0 Å². The van der Waals surface area contributed by atoms with Gasteiger partial charge in [0.2, 0.25) is 5.91 Å². The number of rotatable bonds is 4. The minimum atomic E-state index is -0.0932. The highest BCUT2D eigenvalue weighted by molar-refractivity contribution is 6.22. The van der Waals surface area contributed by atoms with Crippen molar-refractivity contribution in [2.24, 2.45) is 0 Å². The first-order chi connectivity index (χ1) is 6.88. The molecule has 1 unspecified atom stereocenters. The predicted molar refractivity (Wildman–Crippen MR) is 61.2 cm³/mol. The third kappa shape index (κ3) is 4.85. The highest BCUT2D eigenvalue weighted by atomic mass is 35.5. The zero-order valence-electron chi connectivity index (χ0n) is 9.75. The average Bonchev–Trinajstić information content (AvgIpc) is 2.37. The summed E-state index contributed by atoms with van der Waals surface area (Å²) in [5, 5.41) is 0.000958. The van der Waals surface area contributed by atoms with Crippen LogP contribution in [-0.4, -0.2) is 41.5 Å². The van der Waals surface area contributed by atoms with Crippen molar-refractivity contribution in [1.29, 1.82) is 0 Å². The van der Waals surface area contributed by atoms with Crippen LogP contribution in [0.4, 0.5) is 0 Å². The fourth-order valence-corrected chi connectivity index (χ4v) is 1.87. The Morgan fingerprint density at radius 2 is 2.20 bits per heavy atom. The highest BCUT2D eigenvalue weighted by Gasteiger charge is 2.27. The van der Waals surface area contributed by atoms with E-state index in [0.29, 0.717) is 19.6 Å². The van der Waals surface area contributed by atoms with Crippen molar-refractivity contribution in [1.82, 2.24) is 4.90 Å². The van der Waals surface area contributed by atoms with E-state index in [1.807, 2.05) is 25.7 Å². The third-order valence-corrected chi connectivity index (χ3v) is 2.57. The molecule has 0 N–H and O–H groups in total. The third-order valence-electron chi connectivity index (χ3n) is 2.27. The molecular formula is C11H20ClNO2. The van der Waals surface area contributed by atoms with Crippen molar-refractivity contribution >= 4 is 17.5 Å². The maximum atomic E-state index is 11.4. The van der Waals surface area contributed by atoms with Crippen molar-refractivity contribution < 1.29 is 9.53 Å². The van der Waals surface area contributed by atoms with Crippen LogP contribution in [0.2, 0.25) is 0 Å². The molecule has 88 valence electrons. The van der Waals surface area contributed by atoms with E-state index in [1.165, 1.54) is 0 Å². The van der Waals surface area contributed by atoms with Crippen LogP contribution in [0.15, 0.2) is 0 Å². The fraction of sp³-hybridized carbons (Fsp3) is 0.909. The molecule has 1 amide bonds. The molecule has 0 bridgehead atoms. The number of nitrogens with zero attached hydrogens (tertiary/aromatic N) is 1. The highest BCUT2D eigenvalue weighted by Crippen LogP contribution is 2.16. The summed E-state index contributed by atoms with van der Waals surface area (Å²) in [6.07, 6.45) is 1.37. The van der Waals surface area contributed by atoms with Gasteiger partial charge in [-0.15, -0.1) is 11.6 Å². The van der Waals surface area contributed by atoms with E-state index in [-0.39, 0.29) is 16.9 Å². The van der Waals surface area contributed by atoms with Gasteiger partial charge in [-0.1, -0.05) is 0 Å². The number of ether oxygens (including phenoxy) is 1. The molecule has 3 nitrogen and oxygen atoms in total. The largest absolute Gasteiger partial charge is 0.376 e. The minimum absolute atomic E-state index is 0.000958. The summed E-state index contributed by atoms with van der Waals surface area (Å²) in [5.74, 6) is 0.172. The van der Waals surface area contributed by atoms with E-state index in [0.717, 1.165) is 13.0 Å². The van der Waals surface area contributed by atoms with Crippen LogP contribution < -0.4 is 0 Å². The molecule has 0 aromatic heterocycles. The van der Waals surface area contributed by atoms with Crippen LogP contribution in [0, 0.1) is 0 Å². The van der Waals surface area contributed by atoms with Crippen LogP contribution in [0.1, 0.15) is 33.6 Å². The SMILES string of the molecule is CC(C)(C)OCCCN1CC(Cl)CC1=O. The number of halogens is 1. The molecule has 0 aromatic carbocycles. The first-order valence-electron chi connectivity index (χ1n) is 5.44. The van der Waals surface area contributed by atoms with Gasteiger partial charge in [-0.25, -0.2) is 0 Å². The van der Waals surface area contributed by atoms with Gasteiger partial charge in [0, 0.05) is 26.1 Å². The molecule has 0 saturated carbocycles. The van der Waals surface area contributed by atoms with Crippen LogP contribution in [0.3, 0.4) is 0 Å². The minimum Gasteiger partial charge on any atom is -0.376 e. The summed E-state index contributed by atoms with van der Waals surface area (Å²) >= 11 is 5.89. The van der Waals surface area contributed by atoms with E-state index < -0.39 is 0 Å². The van der Waals surface area contributed by atoms with E-state index >= 15 is 0 Å². The second-order valence-electron chi connectivity index (χ2n) is 4.96. The van der Waals surface area contributed by atoms with Gasteiger partial charge < -0.3 is 9.64 Å². The van der Waals surface area contributed by atoms with Gasteiger partial charge in [0.1, 0.15) is 0 Å². The maximum Gasteiger partial charge on any atom is 0.224 e. The zero-order valence-corrected chi connectivity index (χ0v) is 10.5. The molecule has 1 saturated heterocycles. The monoisotopic (exact) mass is 233 g/mol. The Balaban J connectivity index is 2.13. The Morgan fingerprint density at radius 3 is 2.67 bits per heavy atom. The molecule has 1 aliphatic heterocycles. The van der Waals surface area contributed by atoms with Gasteiger partial charge in [-0.2, -0.15) is 0 Å². The van der Waals surface area contributed by atoms with E-state index in [4.69, 9.17) is 16.3 Å². The number of carbonyl (C=O) groups excluding carboxylic acids is 1. The topological polar surface area (TPSA) is 29.5 Å². The van der Waals surface area contributed by atoms with Crippen molar-refractivity contribution in [2.75, 3.05) is 19.7 Å². The number of amides is 1. The second kappa shape index (κ2) is 5.17. The summed E-state index contributed by atoms with van der Waals surface area (Å²) in [4.78, 5) is 13.2. The Kier molecular flexibility index (Phi) is 4.41. The Morgan fingerprint density at radius 1 is 1.53 bits per heavy atom. The number of carbonyl (C=O) groups is 1. The Hall–Kier alpha value is -0.280. The maximum absolute atomic E-state index is 11.4. The first-order valence-corrected chi connectivity index (χ1v) is 5.88. The molecule has 1 fully saturated rings. The normalized spacial score (nSPS) is 22.5. The lowest BCUT2D eigenvalue weighted by Crippen LogP contribution is -2.28. The lowest BCUT2D eigenvalue weighted by molar-refractivity contribution is -0.127. The molecular weight excluding hydrogens is 214 g/mol. The zero-order chi connectivity index (χ0) is 11.5. The van der Waals surface area contributed by atoms with Gasteiger partial charge in [-0.05, 0) is 27.2 Å². The lowest BCUT2D eigenvalue weighted by atomic mass is 10.2. The number of hydrogen-bond donors (Lipinski definition) is 0. The van der Waals surface area contributed by atoms with Gasteiger partial charge >= 0.3 is 0 Å². The quantitative estimate of drug-likeness (QED) is 0.549. The Labute approximate surface area is 96.7 Å². The van der Waals surface area contributed by atoms with Crippen molar-refractivity contribution in [3.05, 3.63) is 0 Å². The molecule has 15 heavy (non-hydrogen) atoms. The standard InChI is InChI=1S/C11H20ClNO2/c1-11(2,3)15-6-4-5-13-8-9(12)7-10(13)14/h9H,4-8H2,1-3H3. The smallest absolute Gasteiger partial charge is 0.224 e. The number of hydrogen-bond acceptors (Lipinski definition) is 2. The number of likely N-dealkylation sites (tertiary alicyclic amines) is 1. The summed E-state index contributed by atoms with van der Waals surface area (Å²) in [7, 11) is 0.